The predicted octanol–water partition coefficient (Wildman–Crippen LogP) is 4.92. The molecule has 0 aliphatic carbocycles. The number of alkyl carbamates (subject to hydrolysis) is 1. The van der Waals surface area contributed by atoms with Gasteiger partial charge >= 0.3 is 12.3 Å². The summed E-state index contributed by atoms with van der Waals surface area (Å²) < 4.78 is 75.1. The van der Waals surface area contributed by atoms with Gasteiger partial charge in [0.1, 0.15) is 17.6 Å². The van der Waals surface area contributed by atoms with Crippen LogP contribution in [0.5, 0.6) is 0 Å². The molecule has 3 N–H and O–H groups in total. The lowest BCUT2D eigenvalue weighted by molar-refractivity contribution is -0.141. The Morgan fingerprint density at radius 3 is 2.20 bits per heavy atom. The number of ether oxygens (including phenoxy) is 2. The van der Waals surface area contributed by atoms with Gasteiger partial charge in [0.25, 0.3) is 0 Å². The van der Waals surface area contributed by atoms with E-state index in [-0.39, 0.29) is 25.1 Å². The zero-order chi connectivity index (χ0) is 36.4. The average molecular weight is 726 g/mol. The van der Waals surface area contributed by atoms with Crippen molar-refractivity contribution in [1.29, 1.82) is 0 Å². The summed E-state index contributed by atoms with van der Waals surface area (Å²) in [6.45, 7) is 0.310. The number of pyridine rings is 1. The summed E-state index contributed by atoms with van der Waals surface area (Å²) in [5.74, 6) is -1.31. The van der Waals surface area contributed by atoms with Crippen LogP contribution in [-0.2, 0) is 37.8 Å². The largest absolute Gasteiger partial charge is 0.453 e. The first-order valence-electron chi connectivity index (χ1n) is 16.2. The number of nitrogens with one attached hydrogen (secondary N) is 3. The minimum atomic E-state index is -4.72. The number of halogens is 3. The molecule has 2 amide bonds. The van der Waals surface area contributed by atoms with Crippen LogP contribution >= 0.6 is 0 Å². The number of para-hydroxylation sites is 1. The van der Waals surface area contributed by atoms with Crippen molar-refractivity contribution < 1.29 is 40.7 Å². The molecule has 2 heterocycles. The van der Waals surface area contributed by atoms with Crippen molar-refractivity contribution in [2.45, 2.75) is 43.1 Å². The third-order valence-corrected chi connectivity index (χ3v) is 9.21. The molecule has 51 heavy (non-hydrogen) atoms. The number of alkyl halides is 3. The molecule has 1 aliphatic heterocycles. The van der Waals surface area contributed by atoms with Gasteiger partial charge in [-0.3, -0.25) is 9.10 Å². The molecule has 0 radical (unpaired) electrons. The van der Waals surface area contributed by atoms with Crippen molar-refractivity contribution in [3.05, 3.63) is 126 Å². The van der Waals surface area contributed by atoms with Gasteiger partial charge < -0.3 is 25.4 Å². The van der Waals surface area contributed by atoms with E-state index in [0.717, 1.165) is 33.1 Å². The first-order chi connectivity index (χ1) is 24.5. The third kappa shape index (κ3) is 10.1. The van der Waals surface area contributed by atoms with Crippen LogP contribution in [0.15, 0.2) is 103 Å². The molecule has 0 spiro atoms. The zero-order valence-corrected chi connectivity index (χ0v) is 28.5. The number of benzene rings is 3. The van der Waals surface area contributed by atoms with E-state index in [1.807, 2.05) is 72.8 Å². The van der Waals surface area contributed by atoms with Gasteiger partial charge in [0.05, 0.1) is 26.4 Å². The highest BCUT2D eigenvalue weighted by molar-refractivity contribution is 7.74. The highest BCUT2D eigenvalue weighted by Gasteiger charge is 2.35. The normalized spacial score (nSPS) is 16.7. The van der Waals surface area contributed by atoms with E-state index in [9.17, 15) is 31.2 Å². The summed E-state index contributed by atoms with van der Waals surface area (Å²) in [6, 6.07) is 27.7. The molecule has 15 heteroatoms. The van der Waals surface area contributed by atoms with Crippen LogP contribution in [0.1, 0.15) is 34.7 Å². The maximum Gasteiger partial charge on any atom is 0.433 e. The Kier molecular flexibility index (Phi) is 12.6. The lowest BCUT2D eigenvalue weighted by atomic mass is 9.84. The van der Waals surface area contributed by atoms with E-state index < -0.39 is 52.8 Å². The highest BCUT2D eigenvalue weighted by Crippen LogP contribution is 2.31. The number of morpholine rings is 1. The molecule has 4 aromatic rings. The van der Waals surface area contributed by atoms with Crippen molar-refractivity contribution in [2.24, 2.45) is 0 Å². The maximum atomic E-state index is 14.0. The molecule has 1 aromatic heterocycles. The molecule has 3 aromatic carbocycles. The molecule has 0 saturated carbocycles. The Bertz CT molecular complexity index is 1790. The topological polar surface area (TPSA) is 139 Å². The van der Waals surface area contributed by atoms with Crippen molar-refractivity contribution in [2.75, 3.05) is 36.4 Å². The fourth-order valence-electron chi connectivity index (χ4n) is 5.92. The summed E-state index contributed by atoms with van der Waals surface area (Å²) in [6.07, 6.45) is -4.68. The Balaban J connectivity index is 1.24. The Morgan fingerprint density at radius 2 is 1.61 bits per heavy atom. The molecule has 270 valence electrons. The van der Waals surface area contributed by atoms with Crippen LogP contribution in [0.4, 0.5) is 29.5 Å². The van der Waals surface area contributed by atoms with Gasteiger partial charge in [-0.05, 0) is 47.7 Å². The molecule has 1 saturated heterocycles. The standard InChI is InChI=1S/C36H38F3N5O6S/c1-49-35(46)43-33(32(25-12-4-2-5-13-25)26-14-6-3-7-15-26)34(45)41-29-16-9-8-11-24(29)19-20-28-21-40-27(23-50-28)22-44(51(47)48)31-18-10-17-30(42-31)36(37,38)39/h2-18,27-28,32-33,40,51H,19-23H2,1H3,(H,41,45)(H,43,46)/t27-,28-,33+/m1/s1. The van der Waals surface area contributed by atoms with Crippen LogP contribution in [0.25, 0.3) is 0 Å². The van der Waals surface area contributed by atoms with Crippen LogP contribution in [-0.4, -0.2) is 70.4 Å². The molecule has 1 aliphatic rings. The Hall–Kier alpha value is -4.99. The van der Waals surface area contributed by atoms with E-state index in [0.29, 0.717) is 25.1 Å². The number of anilines is 2. The molecular formula is C36H38F3N5O6S. The molecule has 11 nitrogen and oxygen atoms in total. The number of rotatable bonds is 13. The number of hydrogen-bond acceptors (Lipinski definition) is 8. The van der Waals surface area contributed by atoms with E-state index in [4.69, 9.17) is 9.47 Å². The van der Waals surface area contributed by atoms with Gasteiger partial charge in [-0.1, -0.05) is 84.9 Å². The second-order valence-corrected chi connectivity index (χ2v) is 12.8. The SMILES string of the molecule is COC(=O)N[C@H](C(=O)Nc1ccccc1CC[C@@H]1CN[C@H](CN(c2cccc(C(F)(F)F)n2)[SH](=O)=O)CO1)C(c1ccccc1)c1ccccc1. The number of aromatic nitrogens is 1. The molecule has 3 atom stereocenters. The monoisotopic (exact) mass is 725 g/mol. The zero-order valence-electron chi connectivity index (χ0n) is 27.6. The van der Waals surface area contributed by atoms with Crippen molar-refractivity contribution in [1.82, 2.24) is 15.6 Å². The first-order valence-corrected chi connectivity index (χ1v) is 17.3. The lowest BCUT2D eigenvalue weighted by Crippen LogP contribution is -2.51. The summed E-state index contributed by atoms with van der Waals surface area (Å²) in [7, 11) is -2.04. The van der Waals surface area contributed by atoms with Crippen molar-refractivity contribution in [3.8, 4) is 0 Å². The molecule has 0 unspecified atom stereocenters. The molecule has 5 rings (SSSR count). The van der Waals surface area contributed by atoms with Gasteiger partial charge in [0.2, 0.25) is 16.8 Å². The fraction of sp³-hybridized carbons (Fsp3) is 0.306. The minimum absolute atomic E-state index is 0.114. The van der Waals surface area contributed by atoms with Crippen LogP contribution < -0.4 is 20.3 Å². The summed E-state index contributed by atoms with van der Waals surface area (Å²) in [5.41, 5.74) is 1.85. The van der Waals surface area contributed by atoms with Crippen LogP contribution in [0, 0.1) is 0 Å². The minimum Gasteiger partial charge on any atom is -0.453 e. The summed E-state index contributed by atoms with van der Waals surface area (Å²) in [4.78, 5) is 30.0. The second-order valence-electron chi connectivity index (χ2n) is 11.9. The summed E-state index contributed by atoms with van der Waals surface area (Å²) >= 11 is 0. The van der Waals surface area contributed by atoms with Crippen LogP contribution in [0.3, 0.4) is 0 Å². The Labute approximate surface area is 295 Å². The van der Waals surface area contributed by atoms with Crippen LogP contribution in [0.2, 0.25) is 0 Å². The second kappa shape index (κ2) is 17.3. The maximum absolute atomic E-state index is 14.0. The molecule has 0 bridgehead atoms. The number of carbonyl (C=O) groups excluding carboxylic acids is 2. The van der Waals surface area contributed by atoms with E-state index in [1.165, 1.54) is 13.2 Å². The average Bonchev–Trinajstić information content (AvgIpc) is 3.14. The van der Waals surface area contributed by atoms with Gasteiger partial charge in [0, 0.05) is 24.2 Å². The van der Waals surface area contributed by atoms with Gasteiger partial charge in [-0.25, -0.2) is 18.2 Å². The smallest absolute Gasteiger partial charge is 0.433 e. The first kappa shape index (κ1) is 37.3. The van der Waals surface area contributed by atoms with Crippen molar-refractivity contribution >= 4 is 34.4 Å². The van der Waals surface area contributed by atoms with Gasteiger partial charge in [-0.2, -0.15) is 13.2 Å². The van der Waals surface area contributed by atoms with Crippen molar-refractivity contribution in [3.63, 3.8) is 0 Å². The van der Waals surface area contributed by atoms with E-state index >= 15 is 0 Å². The fourth-order valence-corrected chi connectivity index (χ4v) is 6.53. The lowest BCUT2D eigenvalue weighted by Gasteiger charge is -2.32. The van der Waals surface area contributed by atoms with E-state index in [1.54, 1.807) is 12.1 Å². The van der Waals surface area contributed by atoms with Gasteiger partial charge in [-0.15, -0.1) is 0 Å². The highest BCUT2D eigenvalue weighted by atomic mass is 32.2. The molecule has 1 fully saturated rings. The number of hydrogen-bond donors (Lipinski definition) is 4. The van der Waals surface area contributed by atoms with E-state index in [2.05, 4.69) is 20.9 Å². The number of aryl methyl sites for hydroxylation is 1. The predicted molar refractivity (Wildman–Crippen MR) is 186 cm³/mol. The third-order valence-electron chi connectivity index (χ3n) is 8.45. The number of carbonyl (C=O) groups is 2. The summed E-state index contributed by atoms with van der Waals surface area (Å²) in [5, 5.41) is 8.97. The Morgan fingerprint density at radius 1 is 0.961 bits per heavy atom. The van der Waals surface area contributed by atoms with Gasteiger partial charge in [0.15, 0.2) is 0 Å². The quantitative estimate of drug-likeness (QED) is 0.143. The molecular weight excluding hydrogens is 687 g/mol. The number of nitrogens with zero attached hydrogens (tertiary/aromatic N) is 2. The number of thiol groups is 1. The number of methoxy groups -OCH3 is 1. The number of amides is 2.